The minimum absolute atomic E-state index is 0.0633. The highest BCUT2D eigenvalue weighted by atomic mass is 32.1. The molecule has 1 N–H and O–H groups in total. The molecule has 2 aliphatic rings. The zero-order valence-electron chi connectivity index (χ0n) is 16.1. The third kappa shape index (κ3) is 2.90. The van der Waals surface area contributed by atoms with Crippen LogP contribution in [-0.4, -0.2) is 27.9 Å². The van der Waals surface area contributed by atoms with E-state index in [0.717, 1.165) is 23.3 Å². The SMILES string of the molecule is C[C@@H]1Cc2cc(C(O)=C3C(=O)C(=O)N(c4nccs4)[C@H]3c3ccccc3)ccc2O1. The normalized spacial score (nSPS) is 22.2. The number of thiazole rings is 1. The van der Waals surface area contributed by atoms with Gasteiger partial charge in [-0.2, -0.15) is 0 Å². The maximum Gasteiger partial charge on any atom is 0.301 e. The molecule has 2 aromatic carbocycles. The van der Waals surface area contributed by atoms with Crippen LogP contribution in [0, 0.1) is 0 Å². The summed E-state index contributed by atoms with van der Waals surface area (Å²) < 4.78 is 5.73. The zero-order valence-corrected chi connectivity index (χ0v) is 16.9. The summed E-state index contributed by atoms with van der Waals surface area (Å²) in [5.41, 5.74) is 2.25. The van der Waals surface area contributed by atoms with Crippen molar-refractivity contribution < 1.29 is 19.4 Å². The number of anilines is 1. The van der Waals surface area contributed by atoms with Gasteiger partial charge < -0.3 is 9.84 Å². The second-order valence-corrected chi connectivity index (χ2v) is 8.22. The molecule has 0 unspecified atom stereocenters. The monoisotopic (exact) mass is 418 g/mol. The molecule has 5 rings (SSSR count). The van der Waals surface area contributed by atoms with Gasteiger partial charge in [-0.1, -0.05) is 30.3 Å². The van der Waals surface area contributed by atoms with E-state index in [1.165, 1.54) is 16.2 Å². The summed E-state index contributed by atoms with van der Waals surface area (Å²) >= 11 is 1.27. The number of hydrogen-bond acceptors (Lipinski definition) is 6. The summed E-state index contributed by atoms with van der Waals surface area (Å²) in [6.07, 6.45) is 2.38. The lowest BCUT2D eigenvalue weighted by molar-refractivity contribution is -0.132. The largest absolute Gasteiger partial charge is 0.507 e. The molecule has 0 radical (unpaired) electrons. The van der Waals surface area contributed by atoms with Crippen LogP contribution in [0.3, 0.4) is 0 Å². The van der Waals surface area contributed by atoms with Crippen LogP contribution < -0.4 is 9.64 Å². The van der Waals surface area contributed by atoms with Crippen LogP contribution in [0.25, 0.3) is 5.76 Å². The number of aromatic nitrogens is 1. The fourth-order valence-electron chi connectivity index (χ4n) is 4.04. The van der Waals surface area contributed by atoms with E-state index < -0.39 is 17.7 Å². The Kier molecular flexibility index (Phi) is 4.40. The number of fused-ring (bicyclic) bond motifs is 1. The molecule has 1 saturated heterocycles. The van der Waals surface area contributed by atoms with E-state index >= 15 is 0 Å². The predicted octanol–water partition coefficient (Wildman–Crippen LogP) is 4.09. The average molecular weight is 418 g/mol. The van der Waals surface area contributed by atoms with E-state index in [1.807, 2.05) is 43.3 Å². The zero-order chi connectivity index (χ0) is 20.8. The first kappa shape index (κ1) is 18.6. The van der Waals surface area contributed by atoms with Crippen LogP contribution in [-0.2, 0) is 16.0 Å². The van der Waals surface area contributed by atoms with Crippen molar-refractivity contribution in [1.29, 1.82) is 0 Å². The summed E-state index contributed by atoms with van der Waals surface area (Å²) in [7, 11) is 0. The number of carbonyl (C=O) groups excluding carboxylic acids is 2. The van der Waals surface area contributed by atoms with Crippen molar-refractivity contribution in [3.63, 3.8) is 0 Å². The molecule has 1 aromatic heterocycles. The highest BCUT2D eigenvalue weighted by molar-refractivity contribution is 7.14. The summed E-state index contributed by atoms with van der Waals surface area (Å²) in [6.45, 7) is 1.98. The van der Waals surface area contributed by atoms with Gasteiger partial charge in [0.15, 0.2) is 5.13 Å². The van der Waals surface area contributed by atoms with Gasteiger partial charge in [0, 0.05) is 23.6 Å². The van der Waals surface area contributed by atoms with Crippen molar-refractivity contribution in [3.8, 4) is 5.75 Å². The standard InChI is InChI=1S/C23H18N2O4S/c1-13-11-16-12-15(7-8-17(16)29-13)20(26)18-19(14-5-3-2-4-6-14)25(22(28)21(18)27)23-24-9-10-30-23/h2-10,12-13,19,26H,11H2,1H3/t13-,19+/m1/s1. The Morgan fingerprint density at radius 3 is 2.73 bits per heavy atom. The third-order valence-electron chi connectivity index (χ3n) is 5.35. The van der Waals surface area contributed by atoms with Crippen LogP contribution in [0.5, 0.6) is 5.75 Å². The molecule has 2 aliphatic heterocycles. The molecule has 0 saturated carbocycles. The van der Waals surface area contributed by atoms with Crippen molar-refractivity contribution in [3.05, 3.63) is 82.4 Å². The minimum atomic E-state index is -0.749. The second-order valence-electron chi connectivity index (χ2n) is 7.35. The number of ether oxygens (including phenoxy) is 1. The molecular weight excluding hydrogens is 400 g/mol. The summed E-state index contributed by atoms with van der Waals surface area (Å²) in [4.78, 5) is 31.6. The van der Waals surface area contributed by atoms with Crippen LogP contribution >= 0.6 is 11.3 Å². The number of benzene rings is 2. The Morgan fingerprint density at radius 2 is 2.00 bits per heavy atom. The topological polar surface area (TPSA) is 79.7 Å². The molecule has 0 aliphatic carbocycles. The van der Waals surface area contributed by atoms with Crippen LogP contribution in [0.4, 0.5) is 5.13 Å². The van der Waals surface area contributed by atoms with E-state index in [1.54, 1.807) is 23.7 Å². The number of carbonyl (C=O) groups is 2. The van der Waals surface area contributed by atoms with Crippen molar-refractivity contribution >= 4 is 33.9 Å². The Bertz CT molecular complexity index is 1170. The Hall–Kier alpha value is -3.45. The second kappa shape index (κ2) is 7.11. The summed E-state index contributed by atoms with van der Waals surface area (Å²) in [5.74, 6) is -0.828. The molecule has 0 bridgehead atoms. The third-order valence-corrected chi connectivity index (χ3v) is 6.13. The van der Waals surface area contributed by atoms with Gasteiger partial charge in [0.1, 0.15) is 17.6 Å². The van der Waals surface area contributed by atoms with Gasteiger partial charge >= 0.3 is 5.91 Å². The molecule has 1 amide bonds. The smallest absolute Gasteiger partial charge is 0.301 e. The van der Waals surface area contributed by atoms with Crippen molar-refractivity contribution in [2.24, 2.45) is 0 Å². The maximum absolute atomic E-state index is 13.0. The molecule has 3 aromatic rings. The molecule has 1 fully saturated rings. The van der Waals surface area contributed by atoms with E-state index in [4.69, 9.17) is 4.74 Å². The van der Waals surface area contributed by atoms with Gasteiger partial charge in [-0.05, 0) is 36.2 Å². The van der Waals surface area contributed by atoms with Crippen molar-refractivity contribution in [1.82, 2.24) is 4.98 Å². The molecule has 0 spiro atoms. The van der Waals surface area contributed by atoms with Gasteiger partial charge in [0.25, 0.3) is 5.78 Å². The van der Waals surface area contributed by atoms with E-state index in [2.05, 4.69) is 4.98 Å². The molecule has 3 heterocycles. The highest BCUT2D eigenvalue weighted by Crippen LogP contribution is 2.43. The number of Topliss-reactive ketones (excluding diaryl/α,β-unsaturated/α-hetero) is 1. The van der Waals surface area contributed by atoms with Gasteiger partial charge in [-0.3, -0.25) is 14.5 Å². The quantitative estimate of drug-likeness (QED) is 0.394. The number of hydrogen-bond donors (Lipinski definition) is 1. The number of amides is 1. The fourth-order valence-corrected chi connectivity index (χ4v) is 4.71. The summed E-state index contributed by atoms with van der Waals surface area (Å²) in [5, 5.41) is 13.3. The van der Waals surface area contributed by atoms with Gasteiger partial charge in [-0.15, -0.1) is 11.3 Å². The first-order chi connectivity index (χ1) is 14.5. The molecule has 2 atom stereocenters. The fraction of sp³-hybridized carbons (Fsp3) is 0.174. The number of nitrogens with zero attached hydrogens (tertiary/aromatic N) is 2. The number of ketones is 1. The van der Waals surface area contributed by atoms with E-state index in [0.29, 0.717) is 10.7 Å². The molecule has 30 heavy (non-hydrogen) atoms. The molecular formula is C23H18N2O4S. The Balaban J connectivity index is 1.68. The van der Waals surface area contributed by atoms with Crippen LogP contribution in [0.15, 0.2) is 65.7 Å². The van der Waals surface area contributed by atoms with Crippen LogP contribution in [0.2, 0.25) is 0 Å². The maximum atomic E-state index is 13.0. The lowest BCUT2D eigenvalue weighted by Gasteiger charge is -2.22. The average Bonchev–Trinajstić information content (AvgIpc) is 3.46. The van der Waals surface area contributed by atoms with Crippen LogP contribution in [0.1, 0.15) is 29.7 Å². The number of aliphatic hydroxyl groups is 1. The minimum Gasteiger partial charge on any atom is -0.507 e. The van der Waals surface area contributed by atoms with Crippen molar-refractivity contribution in [2.75, 3.05) is 4.90 Å². The first-order valence-corrected chi connectivity index (χ1v) is 10.5. The molecule has 6 nitrogen and oxygen atoms in total. The number of aliphatic hydroxyl groups excluding tert-OH is 1. The Morgan fingerprint density at radius 1 is 1.20 bits per heavy atom. The Labute approximate surface area is 177 Å². The van der Waals surface area contributed by atoms with Crippen molar-refractivity contribution in [2.45, 2.75) is 25.5 Å². The van der Waals surface area contributed by atoms with E-state index in [-0.39, 0.29) is 17.4 Å². The number of rotatable bonds is 3. The molecule has 150 valence electrons. The first-order valence-electron chi connectivity index (χ1n) is 9.60. The predicted molar refractivity (Wildman–Crippen MR) is 114 cm³/mol. The van der Waals surface area contributed by atoms with Gasteiger partial charge in [-0.25, -0.2) is 4.98 Å². The van der Waals surface area contributed by atoms with Gasteiger partial charge in [0.2, 0.25) is 0 Å². The highest BCUT2D eigenvalue weighted by Gasteiger charge is 2.48. The van der Waals surface area contributed by atoms with E-state index in [9.17, 15) is 14.7 Å². The summed E-state index contributed by atoms with van der Waals surface area (Å²) in [6, 6.07) is 13.8. The molecule has 7 heteroatoms. The van der Waals surface area contributed by atoms with Gasteiger partial charge in [0.05, 0.1) is 11.6 Å². The lowest BCUT2D eigenvalue weighted by Crippen LogP contribution is -2.29. The lowest BCUT2D eigenvalue weighted by atomic mass is 9.94.